The zero-order valence-electron chi connectivity index (χ0n) is 47.8. The van der Waals surface area contributed by atoms with Crippen molar-refractivity contribution in [1.82, 2.24) is 0 Å². The standard InChI is InChI=1S/C65H120O6/c1-4-7-10-13-16-19-22-25-28-30-32-34-37-40-43-46-49-52-55-58-64(67)70-61-62(60-69-63(66)57-54-51-48-45-42-39-36-27-24-21-18-15-12-9-6-3)71-65(68)59-56-53-50-47-44-41-38-35-33-31-29-26-23-20-17-14-11-8-5-2/h16,19,21,24-25,28,62H,4-15,17-18,20,22-23,26-27,29-61H2,1-3H3/b19-16+,24-21+,28-25+/t62-/m1/s1. The van der Waals surface area contributed by atoms with Gasteiger partial charge >= 0.3 is 17.9 Å². The molecule has 0 fully saturated rings. The number of ether oxygens (including phenoxy) is 3. The second-order valence-corrected chi connectivity index (χ2v) is 21.3. The van der Waals surface area contributed by atoms with Crippen LogP contribution in [0.4, 0.5) is 0 Å². The number of carbonyl (C=O) groups excluding carboxylic acids is 3. The molecule has 0 aliphatic heterocycles. The lowest BCUT2D eigenvalue weighted by atomic mass is 10.0. The van der Waals surface area contributed by atoms with Gasteiger partial charge in [0.15, 0.2) is 6.10 Å². The summed E-state index contributed by atoms with van der Waals surface area (Å²) < 4.78 is 16.9. The van der Waals surface area contributed by atoms with Gasteiger partial charge in [0, 0.05) is 19.3 Å². The van der Waals surface area contributed by atoms with Crippen molar-refractivity contribution in [2.24, 2.45) is 0 Å². The topological polar surface area (TPSA) is 78.9 Å². The van der Waals surface area contributed by atoms with E-state index in [9.17, 15) is 14.4 Å². The van der Waals surface area contributed by atoms with Crippen molar-refractivity contribution in [2.45, 2.75) is 348 Å². The lowest BCUT2D eigenvalue weighted by Gasteiger charge is -2.18. The number of esters is 3. The Labute approximate surface area is 442 Å². The molecule has 0 aromatic heterocycles. The highest BCUT2D eigenvalue weighted by Gasteiger charge is 2.19. The van der Waals surface area contributed by atoms with E-state index in [1.807, 2.05) is 0 Å². The third-order valence-corrected chi connectivity index (χ3v) is 14.1. The maximum absolute atomic E-state index is 12.9. The molecule has 0 aliphatic carbocycles. The van der Waals surface area contributed by atoms with Crippen molar-refractivity contribution in [3.8, 4) is 0 Å². The van der Waals surface area contributed by atoms with Gasteiger partial charge in [-0.1, -0.05) is 282 Å². The molecular formula is C65H120O6. The van der Waals surface area contributed by atoms with E-state index in [0.717, 1.165) is 64.2 Å². The summed E-state index contributed by atoms with van der Waals surface area (Å²) in [6, 6.07) is 0. The Morgan fingerprint density at radius 1 is 0.282 bits per heavy atom. The van der Waals surface area contributed by atoms with Crippen LogP contribution >= 0.6 is 0 Å². The maximum atomic E-state index is 12.9. The Morgan fingerprint density at radius 3 is 0.831 bits per heavy atom. The van der Waals surface area contributed by atoms with Gasteiger partial charge in [-0.3, -0.25) is 14.4 Å². The Hall–Kier alpha value is -2.37. The van der Waals surface area contributed by atoms with Gasteiger partial charge in [-0.15, -0.1) is 0 Å². The number of hydrogen-bond donors (Lipinski definition) is 0. The molecule has 416 valence electrons. The van der Waals surface area contributed by atoms with Gasteiger partial charge in [0.1, 0.15) is 13.2 Å². The zero-order valence-corrected chi connectivity index (χ0v) is 47.8. The molecule has 0 amide bonds. The number of hydrogen-bond acceptors (Lipinski definition) is 6. The largest absolute Gasteiger partial charge is 0.462 e. The fourth-order valence-electron chi connectivity index (χ4n) is 9.35. The minimum absolute atomic E-state index is 0.0716. The lowest BCUT2D eigenvalue weighted by Crippen LogP contribution is -2.30. The molecule has 6 heteroatoms. The summed E-state index contributed by atoms with van der Waals surface area (Å²) in [7, 11) is 0. The Kier molecular flexibility index (Phi) is 58.2. The van der Waals surface area contributed by atoms with E-state index < -0.39 is 6.10 Å². The van der Waals surface area contributed by atoms with E-state index in [-0.39, 0.29) is 31.1 Å². The molecule has 0 saturated heterocycles. The molecule has 1 atom stereocenters. The molecule has 0 heterocycles. The highest BCUT2D eigenvalue weighted by Crippen LogP contribution is 2.17. The van der Waals surface area contributed by atoms with Crippen molar-refractivity contribution in [1.29, 1.82) is 0 Å². The Bertz CT molecular complexity index is 1190. The minimum Gasteiger partial charge on any atom is -0.462 e. The second kappa shape index (κ2) is 60.2. The van der Waals surface area contributed by atoms with Crippen LogP contribution in [0, 0.1) is 0 Å². The molecule has 0 unspecified atom stereocenters. The van der Waals surface area contributed by atoms with Gasteiger partial charge in [-0.05, 0) is 77.0 Å². The van der Waals surface area contributed by atoms with Crippen molar-refractivity contribution < 1.29 is 28.6 Å². The summed E-state index contributed by atoms with van der Waals surface area (Å²) in [6.45, 7) is 6.65. The smallest absolute Gasteiger partial charge is 0.306 e. The van der Waals surface area contributed by atoms with Crippen molar-refractivity contribution in [3.05, 3.63) is 36.5 Å². The first-order chi connectivity index (χ1) is 35.0. The van der Waals surface area contributed by atoms with Crippen LogP contribution in [-0.4, -0.2) is 37.2 Å². The molecular weight excluding hydrogens is 877 g/mol. The zero-order chi connectivity index (χ0) is 51.4. The average molecular weight is 998 g/mol. The van der Waals surface area contributed by atoms with Gasteiger partial charge in [0.25, 0.3) is 0 Å². The summed E-state index contributed by atoms with van der Waals surface area (Å²) in [4.78, 5) is 38.3. The first-order valence-electron chi connectivity index (χ1n) is 31.5. The summed E-state index contributed by atoms with van der Waals surface area (Å²) in [6.07, 6.45) is 72.8. The van der Waals surface area contributed by atoms with E-state index >= 15 is 0 Å². The lowest BCUT2D eigenvalue weighted by molar-refractivity contribution is -0.167. The molecule has 0 aromatic rings. The average Bonchev–Trinajstić information content (AvgIpc) is 3.37. The molecule has 0 rings (SSSR count). The van der Waals surface area contributed by atoms with Gasteiger partial charge in [0.05, 0.1) is 0 Å². The fraction of sp³-hybridized carbons (Fsp3) is 0.862. The first-order valence-corrected chi connectivity index (χ1v) is 31.5. The Balaban J connectivity index is 4.33. The van der Waals surface area contributed by atoms with Crippen LogP contribution in [0.2, 0.25) is 0 Å². The molecule has 0 N–H and O–H groups in total. The summed E-state index contributed by atoms with van der Waals surface area (Å²) >= 11 is 0. The predicted octanol–water partition coefficient (Wildman–Crippen LogP) is 21.2. The van der Waals surface area contributed by atoms with Crippen LogP contribution in [0.1, 0.15) is 342 Å². The van der Waals surface area contributed by atoms with E-state index in [2.05, 4.69) is 57.2 Å². The van der Waals surface area contributed by atoms with Crippen LogP contribution in [0.3, 0.4) is 0 Å². The maximum Gasteiger partial charge on any atom is 0.306 e. The molecule has 0 aliphatic rings. The molecule has 71 heavy (non-hydrogen) atoms. The van der Waals surface area contributed by atoms with Crippen LogP contribution in [0.15, 0.2) is 36.5 Å². The fourth-order valence-corrected chi connectivity index (χ4v) is 9.35. The SMILES string of the molecule is CCCCC/C=C/C/C=C/CCCCCCCCCCCC(=O)OC[C@@H](COC(=O)CCCCCCCCC/C=C/CCCCCC)OC(=O)CCCCCCCCCCCCCCCCCCCCC. The van der Waals surface area contributed by atoms with E-state index in [4.69, 9.17) is 14.2 Å². The quantitative estimate of drug-likeness (QED) is 0.0261. The van der Waals surface area contributed by atoms with Crippen LogP contribution in [-0.2, 0) is 28.6 Å². The predicted molar refractivity (Wildman–Crippen MR) is 307 cm³/mol. The third-order valence-electron chi connectivity index (χ3n) is 14.1. The van der Waals surface area contributed by atoms with Gasteiger partial charge < -0.3 is 14.2 Å². The molecule has 0 spiro atoms. The molecule has 0 aromatic carbocycles. The number of rotatable bonds is 58. The molecule has 0 bridgehead atoms. The highest BCUT2D eigenvalue weighted by atomic mass is 16.6. The van der Waals surface area contributed by atoms with Gasteiger partial charge in [0.2, 0.25) is 0 Å². The monoisotopic (exact) mass is 997 g/mol. The number of carbonyl (C=O) groups is 3. The molecule has 0 saturated carbocycles. The normalized spacial score (nSPS) is 12.2. The van der Waals surface area contributed by atoms with Crippen LogP contribution in [0.25, 0.3) is 0 Å². The van der Waals surface area contributed by atoms with E-state index in [1.54, 1.807) is 0 Å². The second-order valence-electron chi connectivity index (χ2n) is 21.3. The van der Waals surface area contributed by atoms with Gasteiger partial charge in [-0.25, -0.2) is 0 Å². The summed E-state index contributed by atoms with van der Waals surface area (Å²) in [5.41, 5.74) is 0. The van der Waals surface area contributed by atoms with Crippen LogP contribution < -0.4 is 0 Å². The Morgan fingerprint density at radius 2 is 0.507 bits per heavy atom. The third kappa shape index (κ3) is 58.4. The van der Waals surface area contributed by atoms with E-state index in [0.29, 0.717) is 19.3 Å². The van der Waals surface area contributed by atoms with Crippen molar-refractivity contribution in [2.75, 3.05) is 13.2 Å². The van der Waals surface area contributed by atoms with Crippen molar-refractivity contribution in [3.63, 3.8) is 0 Å². The summed E-state index contributed by atoms with van der Waals surface area (Å²) in [5, 5.41) is 0. The highest BCUT2D eigenvalue weighted by molar-refractivity contribution is 5.71. The van der Waals surface area contributed by atoms with Crippen molar-refractivity contribution >= 4 is 17.9 Å². The van der Waals surface area contributed by atoms with E-state index in [1.165, 1.54) is 238 Å². The molecule has 0 radical (unpaired) electrons. The minimum atomic E-state index is -0.773. The van der Waals surface area contributed by atoms with Gasteiger partial charge in [-0.2, -0.15) is 0 Å². The first kappa shape index (κ1) is 68.6. The number of unbranched alkanes of at least 4 members (excludes halogenated alkanes) is 41. The molecule has 6 nitrogen and oxygen atoms in total. The number of allylic oxidation sites excluding steroid dienone is 6. The summed E-state index contributed by atoms with van der Waals surface area (Å²) in [5.74, 6) is -0.856. The van der Waals surface area contributed by atoms with Crippen LogP contribution in [0.5, 0.6) is 0 Å².